The number of nitrogen functional groups attached to an aromatic ring is 1. The molecule has 0 aliphatic heterocycles. The topological polar surface area (TPSA) is 38.0 Å². The molecular formula is C14H22N2. The quantitative estimate of drug-likeness (QED) is 0.741. The predicted octanol–water partition coefficient (Wildman–Crippen LogP) is 3.57. The van der Waals surface area contributed by atoms with Crippen molar-refractivity contribution in [1.29, 1.82) is 0 Å². The van der Waals surface area contributed by atoms with Crippen molar-refractivity contribution in [2.75, 3.05) is 17.6 Å². The Morgan fingerprint density at radius 1 is 1.38 bits per heavy atom. The molecule has 2 nitrogen and oxygen atoms in total. The normalized spacial score (nSPS) is 17.1. The van der Waals surface area contributed by atoms with Crippen molar-refractivity contribution < 1.29 is 0 Å². The van der Waals surface area contributed by atoms with Crippen LogP contribution in [0.1, 0.15) is 38.2 Å². The van der Waals surface area contributed by atoms with Gasteiger partial charge in [0, 0.05) is 17.9 Å². The van der Waals surface area contributed by atoms with Crippen LogP contribution < -0.4 is 11.1 Å². The summed E-state index contributed by atoms with van der Waals surface area (Å²) in [6.45, 7) is 5.44. The van der Waals surface area contributed by atoms with Crippen molar-refractivity contribution in [1.82, 2.24) is 0 Å². The number of hydrogen-bond donors (Lipinski definition) is 2. The zero-order valence-electron chi connectivity index (χ0n) is 10.3. The summed E-state index contributed by atoms with van der Waals surface area (Å²) in [6.07, 6.45) is 5.43. The Bertz CT molecular complexity index is 367. The second-order valence-corrected chi connectivity index (χ2v) is 5.17. The maximum Gasteiger partial charge on any atom is 0.0345 e. The van der Waals surface area contributed by atoms with Gasteiger partial charge in [-0.1, -0.05) is 13.3 Å². The van der Waals surface area contributed by atoms with Crippen LogP contribution in [0.15, 0.2) is 18.2 Å². The molecule has 1 aromatic rings. The van der Waals surface area contributed by atoms with E-state index in [0.717, 1.165) is 17.8 Å². The summed E-state index contributed by atoms with van der Waals surface area (Å²) in [5.74, 6) is 0. The molecule has 0 radical (unpaired) electrons. The van der Waals surface area contributed by atoms with Gasteiger partial charge in [0.05, 0.1) is 0 Å². The fourth-order valence-electron chi connectivity index (χ4n) is 2.30. The van der Waals surface area contributed by atoms with E-state index >= 15 is 0 Å². The van der Waals surface area contributed by atoms with Gasteiger partial charge in [0.25, 0.3) is 0 Å². The second kappa shape index (κ2) is 4.36. The van der Waals surface area contributed by atoms with Gasteiger partial charge in [-0.25, -0.2) is 0 Å². The zero-order chi connectivity index (χ0) is 11.6. The summed E-state index contributed by atoms with van der Waals surface area (Å²) in [5.41, 5.74) is 9.64. The zero-order valence-corrected chi connectivity index (χ0v) is 10.3. The molecule has 16 heavy (non-hydrogen) atoms. The first-order valence-corrected chi connectivity index (χ1v) is 6.25. The molecule has 0 aromatic heterocycles. The summed E-state index contributed by atoms with van der Waals surface area (Å²) in [4.78, 5) is 0. The highest BCUT2D eigenvalue weighted by molar-refractivity contribution is 5.56. The minimum absolute atomic E-state index is 0.601. The highest BCUT2D eigenvalue weighted by Gasteiger charge is 2.40. The van der Waals surface area contributed by atoms with E-state index in [-0.39, 0.29) is 0 Å². The third-order valence-corrected chi connectivity index (χ3v) is 3.67. The van der Waals surface area contributed by atoms with E-state index in [9.17, 15) is 0 Å². The molecule has 1 fully saturated rings. The van der Waals surface area contributed by atoms with Crippen LogP contribution in [0.2, 0.25) is 0 Å². The summed E-state index contributed by atoms with van der Waals surface area (Å²) < 4.78 is 0. The highest BCUT2D eigenvalue weighted by Crippen LogP contribution is 2.49. The van der Waals surface area contributed by atoms with Gasteiger partial charge < -0.3 is 11.1 Å². The highest BCUT2D eigenvalue weighted by atomic mass is 14.9. The average molecular weight is 218 g/mol. The molecule has 88 valence electrons. The van der Waals surface area contributed by atoms with Crippen molar-refractivity contribution in [3.63, 3.8) is 0 Å². The number of nitrogens with one attached hydrogen (secondary N) is 1. The van der Waals surface area contributed by atoms with E-state index in [1.54, 1.807) is 0 Å². The largest absolute Gasteiger partial charge is 0.399 e. The van der Waals surface area contributed by atoms with Gasteiger partial charge in [0.1, 0.15) is 0 Å². The lowest BCUT2D eigenvalue weighted by atomic mass is 10.0. The lowest BCUT2D eigenvalue weighted by Gasteiger charge is -2.16. The molecule has 1 saturated carbocycles. The molecule has 0 atom stereocenters. The third-order valence-electron chi connectivity index (χ3n) is 3.67. The molecule has 0 amide bonds. The van der Waals surface area contributed by atoms with Gasteiger partial charge in [-0.05, 0) is 55.4 Å². The molecule has 1 aliphatic carbocycles. The average Bonchev–Trinajstić information content (AvgIpc) is 3.01. The fourth-order valence-corrected chi connectivity index (χ4v) is 2.30. The lowest BCUT2D eigenvalue weighted by Crippen LogP contribution is -2.15. The van der Waals surface area contributed by atoms with Gasteiger partial charge >= 0.3 is 0 Å². The molecule has 0 bridgehead atoms. The van der Waals surface area contributed by atoms with Crippen LogP contribution in [-0.4, -0.2) is 6.54 Å². The molecular weight excluding hydrogens is 196 g/mol. The van der Waals surface area contributed by atoms with E-state index in [1.165, 1.54) is 31.4 Å². The standard InChI is InChI=1S/C14H22N2/c1-3-6-14(7-8-14)10-16-12-4-5-13(15)11(2)9-12/h4-5,9,16H,3,6-8,10,15H2,1-2H3. The summed E-state index contributed by atoms with van der Waals surface area (Å²) >= 11 is 0. The molecule has 1 aliphatic rings. The van der Waals surface area contributed by atoms with E-state index in [2.05, 4.69) is 31.3 Å². The van der Waals surface area contributed by atoms with E-state index in [0.29, 0.717) is 5.41 Å². The Morgan fingerprint density at radius 2 is 2.12 bits per heavy atom. The van der Waals surface area contributed by atoms with Gasteiger partial charge in [0.2, 0.25) is 0 Å². The van der Waals surface area contributed by atoms with Gasteiger partial charge in [-0.2, -0.15) is 0 Å². The van der Waals surface area contributed by atoms with Gasteiger partial charge in [-0.15, -0.1) is 0 Å². The lowest BCUT2D eigenvalue weighted by molar-refractivity contribution is 0.486. The first-order valence-electron chi connectivity index (χ1n) is 6.25. The molecule has 0 unspecified atom stereocenters. The maximum atomic E-state index is 5.80. The number of hydrogen-bond acceptors (Lipinski definition) is 2. The van der Waals surface area contributed by atoms with E-state index in [4.69, 9.17) is 5.73 Å². The van der Waals surface area contributed by atoms with Crippen LogP contribution in [0.25, 0.3) is 0 Å². The molecule has 2 rings (SSSR count). The smallest absolute Gasteiger partial charge is 0.0345 e. The molecule has 0 saturated heterocycles. The van der Waals surface area contributed by atoms with Crippen molar-refractivity contribution in [2.45, 2.75) is 39.5 Å². The number of rotatable bonds is 5. The number of aryl methyl sites for hydroxylation is 1. The first kappa shape index (κ1) is 11.3. The molecule has 0 spiro atoms. The van der Waals surface area contributed by atoms with Crippen molar-refractivity contribution in [3.05, 3.63) is 23.8 Å². The predicted molar refractivity (Wildman–Crippen MR) is 70.7 cm³/mol. The molecule has 0 heterocycles. The van der Waals surface area contributed by atoms with Gasteiger partial charge in [0.15, 0.2) is 0 Å². The van der Waals surface area contributed by atoms with Crippen molar-refractivity contribution in [2.24, 2.45) is 5.41 Å². The monoisotopic (exact) mass is 218 g/mol. The summed E-state index contributed by atoms with van der Waals surface area (Å²) in [6, 6.07) is 6.19. The van der Waals surface area contributed by atoms with Crippen LogP contribution in [0, 0.1) is 12.3 Å². The Hall–Kier alpha value is -1.18. The summed E-state index contributed by atoms with van der Waals surface area (Å²) in [7, 11) is 0. The minimum atomic E-state index is 0.601. The van der Waals surface area contributed by atoms with E-state index < -0.39 is 0 Å². The SMILES string of the molecule is CCCC1(CNc2ccc(N)c(C)c2)CC1. The Kier molecular flexibility index (Phi) is 3.08. The number of benzene rings is 1. The number of anilines is 2. The molecule has 1 aromatic carbocycles. The molecule has 2 heteroatoms. The molecule has 3 N–H and O–H groups in total. The van der Waals surface area contributed by atoms with Crippen molar-refractivity contribution in [3.8, 4) is 0 Å². The minimum Gasteiger partial charge on any atom is -0.399 e. The number of nitrogens with two attached hydrogens (primary N) is 1. The first-order chi connectivity index (χ1) is 7.65. The Labute approximate surface area is 98.2 Å². The van der Waals surface area contributed by atoms with Gasteiger partial charge in [-0.3, -0.25) is 0 Å². The maximum absolute atomic E-state index is 5.80. The van der Waals surface area contributed by atoms with Crippen LogP contribution >= 0.6 is 0 Å². The third kappa shape index (κ3) is 2.49. The van der Waals surface area contributed by atoms with Crippen LogP contribution in [0.4, 0.5) is 11.4 Å². The Morgan fingerprint density at radius 3 is 2.69 bits per heavy atom. The van der Waals surface area contributed by atoms with Crippen molar-refractivity contribution >= 4 is 11.4 Å². The summed E-state index contributed by atoms with van der Waals surface area (Å²) in [5, 5.41) is 3.54. The van der Waals surface area contributed by atoms with Crippen LogP contribution in [0.5, 0.6) is 0 Å². The fraction of sp³-hybridized carbons (Fsp3) is 0.571. The van der Waals surface area contributed by atoms with E-state index in [1.807, 2.05) is 6.07 Å². The Balaban J connectivity index is 1.92. The van der Waals surface area contributed by atoms with Crippen LogP contribution in [-0.2, 0) is 0 Å². The second-order valence-electron chi connectivity index (χ2n) is 5.17. The van der Waals surface area contributed by atoms with Crippen LogP contribution in [0.3, 0.4) is 0 Å².